The number of benzene rings is 3. The molecule has 0 amide bonds. The lowest BCUT2D eigenvalue weighted by Gasteiger charge is -2.12. The van der Waals surface area contributed by atoms with Crippen molar-refractivity contribution < 1.29 is 18.9 Å². The Kier molecular flexibility index (Phi) is 7.16. The normalized spacial score (nSPS) is 11.9. The van der Waals surface area contributed by atoms with Crippen LogP contribution in [0.15, 0.2) is 71.5 Å². The number of fused-ring (bicyclic) bond motifs is 3. The summed E-state index contributed by atoms with van der Waals surface area (Å²) in [6, 6.07) is 21.1. The van der Waals surface area contributed by atoms with Crippen LogP contribution in [0.5, 0.6) is 17.2 Å². The molecule has 5 rings (SSSR count). The van der Waals surface area contributed by atoms with Crippen molar-refractivity contribution in [1.29, 1.82) is 0 Å². The molecular formula is C28H26N2O5S. The van der Waals surface area contributed by atoms with Crippen LogP contribution in [-0.2, 0) is 4.74 Å². The van der Waals surface area contributed by atoms with Gasteiger partial charge >= 0.3 is 0 Å². The van der Waals surface area contributed by atoms with Crippen LogP contribution in [0.3, 0.4) is 0 Å². The SMILES string of the molecule is COc1cc(/C=c2\sc3nc4ccccc4n3c2=O)ccc1OCCOCCOc1ccc(C)cc1. The predicted molar refractivity (Wildman–Crippen MR) is 142 cm³/mol. The second-order valence-electron chi connectivity index (χ2n) is 8.17. The smallest absolute Gasteiger partial charge is 0.274 e. The first kappa shape index (κ1) is 23.8. The van der Waals surface area contributed by atoms with Gasteiger partial charge in [0.05, 0.1) is 35.9 Å². The second-order valence-corrected chi connectivity index (χ2v) is 9.18. The Morgan fingerprint density at radius 1 is 0.917 bits per heavy atom. The molecule has 0 aliphatic carbocycles. The number of ether oxygens (including phenoxy) is 4. The third kappa shape index (κ3) is 5.19. The van der Waals surface area contributed by atoms with Gasteiger partial charge in [-0.25, -0.2) is 9.38 Å². The second kappa shape index (κ2) is 10.8. The van der Waals surface area contributed by atoms with Gasteiger partial charge in [0.25, 0.3) is 5.56 Å². The summed E-state index contributed by atoms with van der Waals surface area (Å²) in [4.78, 5) is 18.2. The lowest BCUT2D eigenvalue weighted by molar-refractivity contribution is 0.0757. The number of nitrogens with zero attached hydrogens (tertiary/aromatic N) is 2. The van der Waals surface area contributed by atoms with Crippen molar-refractivity contribution in [2.75, 3.05) is 33.5 Å². The molecule has 0 spiro atoms. The summed E-state index contributed by atoms with van der Waals surface area (Å²) >= 11 is 1.37. The lowest BCUT2D eigenvalue weighted by Crippen LogP contribution is -2.22. The van der Waals surface area contributed by atoms with E-state index in [0.29, 0.717) is 47.4 Å². The molecule has 7 nitrogen and oxygen atoms in total. The molecule has 0 unspecified atom stereocenters. The fraction of sp³-hybridized carbons (Fsp3) is 0.214. The van der Waals surface area contributed by atoms with Gasteiger partial charge in [-0.3, -0.25) is 4.79 Å². The summed E-state index contributed by atoms with van der Waals surface area (Å²) in [7, 11) is 1.59. The Bertz CT molecular complexity index is 1590. The van der Waals surface area contributed by atoms with E-state index in [4.69, 9.17) is 18.9 Å². The van der Waals surface area contributed by atoms with Crippen LogP contribution in [0.25, 0.3) is 22.1 Å². The van der Waals surface area contributed by atoms with Crippen LogP contribution in [0.2, 0.25) is 0 Å². The third-order valence-corrected chi connectivity index (χ3v) is 6.60. The zero-order valence-corrected chi connectivity index (χ0v) is 20.9. The highest BCUT2D eigenvalue weighted by Gasteiger charge is 2.11. The van der Waals surface area contributed by atoms with Crippen LogP contribution >= 0.6 is 11.3 Å². The Morgan fingerprint density at radius 2 is 1.69 bits per heavy atom. The van der Waals surface area contributed by atoms with E-state index in [1.165, 1.54) is 16.9 Å². The molecule has 36 heavy (non-hydrogen) atoms. The van der Waals surface area contributed by atoms with Crippen molar-refractivity contribution in [3.8, 4) is 17.2 Å². The van der Waals surface area contributed by atoms with Crippen molar-refractivity contribution in [3.05, 3.63) is 92.7 Å². The van der Waals surface area contributed by atoms with Crippen LogP contribution in [0.4, 0.5) is 0 Å². The predicted octanol–water partition coefficient (Wildman–Crippen LogP) is 4.25. The van der Waals surface area contributed by atoms with Crippen LogP contribution < -0.4 is 24.3 Å². The number of rotatable bonds is 10. The van der Waals surface area contributed by atoms with E-state index >= 15 is 0 Å². The number of aryl methyl sites for hydroxylation is 1. The van der Waals surface area contributed by atoms with Gasteiger partial charge in [0, 0.05) is 0 Å². The Morgan fingerprint density at radius 3 is 2.50 bits per heavy atom. The van der Waals surface area contributed by atoms with E-state index in [1.54, 1.807) is 11.5 Å². The van der Waals surface area contributed by atoms with E-state index in [2.05, 4.69) is 4.98 Å². The minimum Gasteiger partial charge on any atom is -0.493 e. The molecule has 0 aliphatic rings. The molecule has 2 aromatic heterocycles. The Labute approximate surface area is 212 Å². The standard InChI is InChI=1S/C28H26N2O5S/c1-19-7-10-21(11-8-19)34-15-13-33-14-16-35-24-12-9-20(17-25(24)32-2)18-26-27(31)30-23-6-4-3-5-22(23)29-28(30)36-26/h3-12,17-18H,13-16H2,1-2H3/b26-18-. The highest BCUT2D eigenvalue weighted by Crippen LogP contribution is 2.28. The van der Waals surface area contributed by atoms with E-state index in [1.807, 2.05) is 79.7 Å². The largest absolute Gasteiger partial charge is 0.493 e. The molecule has 8 heteroatoms. The molecule has 0 aliphatic heterocycles. The maximum absolute atomic E-state index is 13.0. The monoisotopic (exact) mass is 502 g/mol. The first-order valence-corrected chi connectivity index (χ1v) is 12.4. The quantitative estimate of drug-likeness (QED) is 0.266. The van der Waals surface area contributed by atoms with Gasteiger partial charge < -0.3 is 18.9 Å². The summed E-state index contributed by atoms with van der Waals surface area (Å²) in [5.41, 5.74) is 3.60. The zero-order valence-electron chi connectivity index (χ0n) is 20.1. The van der Waals surface area contributed by atoms with Crippen LogP contribution in [0.1, 0.15) is 11.1 Å². The van der Waals surface area contributed by atoms with Gasteiger partial charge in [-0.2, -0.15) is 0 Å². The minimum atomic E-state index is -0.0773. The highest BCUT2D eigenvalue weighted by atomic mass is 32.1. The number of aromatic nitrogens is 2. The summed E-state index contributed by atoms with van der Waals surface area (Å²) in [6.45, 7) is 3.79. The molecule has 0 saturated carbocycles. The zero-order chi connectivity index (χ0) is 24.9. The molecule has 0 N–H and O–H groups in total. The number of imidazole rings is 1. The number of hydrogen-bond donors (Lipinski definition) is 0. The maximum Gasteiger partial charge on any atom is 0.274 e. The molecule has 5 aromatic rings. The van der Waals surface area contributed by atoms with Gasteiger partial charge in [0.15, 0.2) is 16.5 Å². The fourth-order valence-electron chi connectivity index (χ4n) is 3.82. The van der Waals surface area contributed by atoms with Gasteiger partial charge in [0.2, 0.25) is 0 Å². The highest BCUT2D eigenvalue weighted by molar-refractivity contribution is 7.15. The van der Waals surface area contributed by atoms with Crippen molar-refractivity contribution in [2.24, 2.45) is 0 Å². The Balaban J connectivity index is 1.18. The molecular weight excluding hydrogens is 476 g/mol. The molecule has 0 fully saturated rings. The fourth-order valence-corrected chi connectivity index (χ4v) is 4.81. The van der Waals surface area contributed by atoms with E-state index < -0.39 is 0 Å². The van der Waals surface area contributed by atoms with Crippen molar-refractivity contribution in [2.45, 2.75) is 6.92 Å². The molecule has 2 heterocycles. The molecule has 184 valence electrons. The Hall–Kier alpha value is -3.88. The van der Waals surface area contributed by atoms with Crippen molar-refractivity contribution >= 4 is 33.4 Å². The minimum absolute atomic E-state index is 0.0773. The van der Waals surface area contributed by atoms with E-state index in [-0.39, 0.29) is 5.56 Å². The first-order valence-electron chi connectivity index (χ1n) is 11.6. The van der Waals surface area contributed by atoms with Crippen molar-refractivity contribution in [1.82, 2.24) is 9.38 Å². The van der Waals surface area contributed by atoms with Crippen LogP contribution in [0, 0.1) is 6.92 Å². The molecule has 0 bridgehead atoms. The number of hydrogen-bond acceptors (Lipinski definition) is 7. The number of methoxy groups -OCH3 is 1. The van der Waals surface area contributed by atoms with E-state index in [9.17, 15) is 4.79 Å². The number of thiazole rings is 1. The summed E-state index contributed by atoms with van der Waals surface area (Å²) < 4.78 is 24.9. The molecule has 0 radical (unpaired) electrons. The molecule has 0 saturated heterocycles. The lowest BCUT2D eigenvalue weighted by atomic mass is 10.2. The average molecular weight is 503 g/mol. The average Bonchev–Trinajstić information content (AvgIpc) is 3.40. The van der Waals surface area contributed by atoms with E-state index in [0.717, 1.165) is 22.3 Å². The molecule has 0 atom stereocenters. The van der Waals surface area contributed by atoms with Gasteiger partial charge in [-0.15, -0.1) is 0 Å². The summed E-state index contributed by atoms with van der Waals surface area (Å²) in [6.07, 6.45) is 1.85. The maximum atomic E-state index is 13.0. The first-order chi connectivity index (χ1) is 17.6. The summed E-state index contributed by atoms with van der Waals surface area (Å²) in [5, 5.41) is 0. The van der Waals surface area contributed by atoms with Gasteiger partial charge in [-0.1, -0.05) is 47.2 Å². The third-order valence-electron chi connectivity index (χ3n) is 5.63. The van der Waals surface area contributed by atoms with Gasteiger partial charge in [-0.05, 0) is 55.0 Å². The number of para-hydroxylation sites is 2. The van der Waals surface area contributed by atoms with Gasteiger partial charge in [0.1, 0.15) is 19.0 Å². The summed E-state index contributed by atoms with van der Waals surface area (Å²) in [5.74, 6) is 2.03. The van der Waals surface area contributed by atoms with Crippen LogP contribution in [-0.4, -0.2) is 42.9 Å². The van der Waals surface area contributed by atoms with Crippen molar-refractivity contribution in [3.63, 3.8) is 0 Å². The topological polar surface area (TPSA) is 71.3 Å². The molecule has 3 aromatic carbocycles.